The van der Waals surface area contributed by atoms with Crippen molar-refractivity contribution in [1.82, 2.24) is 5.32 Å². The minimum Gasteiger partial charge on any atom is -0.493 e. The van der Waals surface area contributed by atoms with Gasteiger partial charge in [-0.05, 0) is 30.2 Å². The zero-order valence-corrected chi connectivity index (χ0v) is 16.5. The van der Waals surface area contributed by atoms with Crippen molar-refractivity contribution in [2.75, 3.05) is 27.4 Å². The Labute approximate surface area is 167 Å². The molecule has 0 saturated carbocycles. The van der Waals surface area contributed by atoms with E-state index in [-0.39, 0.29) is 17.5 Å². The van der Waals surface area contributed by atoms with E-state index in [1.165, 1.54) is 12.1 Å². The number of hydrogen-bond acceptors (Lipinski definition) is 4. The summed E-state index contributed by atoms with van der Waals surface area (Å²) in [4.78, 5) is 11.9. The van der Waals surface area contributed by atoms with Crippen molar-refractivity contribution in [1.29, 1.82) is 0 Å². The van der Waals surface area contributed by atoms with Crippen molar-refractivity contribution in [3.05, 3.63) is 51.0 Å². The Bertz CT molecular complexity index is 783. The normalized spacial score (nSPS) is 10.3. The second-order valence-electron chi connectivity index (χ2n) is 5.27. The SMILES string of the molecule is COc1ccc(CCNC(=O)COc2cc(Cl)c(Cl)cc2Cl)cc1OC. The van der Waals surface area contributed by atoms with Gasteiger partial charge in [0.25, 0.3) is 5.91 Å². The summed E-state index contributed by atoms with van der Waals surface area (Å²) in [6, 6.07) is 8.56. The smallest absolute Gasteiger partial charge is 0.257 e. The third kappa shape index (κ3) is 5.59. The van der Waals surface area contributed by atoms with E-state index in [0.717, 1.165) is 5.56 Å². The van der Waals surface area contributed by atoms with Gasteiger partial charge in [0.2, 0.25) is 0 Å². The Morgan fingerprint density at radius 1 is 0.923 bits per heavy atom. The van der Waals surface area contributed by atoms with Gasteiger partial charge in [-0.1, -0.05) is 40.9 Å². The summed E-state index contributed by atoms with van der Waals surface area (Å²) in [5, 5.41) is 3.69. The van der Waals surface area contributed by atoms with Crippen LogP contribution in [0.4, 0.5) is 0 Å². The van der Waals surface area contributed by atoms with Crippen LogP contribution >= 0.6 is 34.8 Å². The highest BCUT2D eigenvalue weighted by Gasteiger charge is 2.10. The van der Waals surface area contributed by atoms with Gasteiger partial charge in [0, 0.05) is 12.6 Å². The lowest BCUT2D eigenvalue weighted by Crippen LogP contribution is -2.30. The zero-order chi connectivity index (χ0) is 19.1. The molecule has 0 aromatic heterocycles. The Morgan fingerprint density at radius 3 is 2.31 bits per heavy atom. The monoisotopic (exact) mass is 417 g/mol. The van der Waals surface area contributed by atoms with Crippen molar-refractivity contribution >= 4 is 40.7 Å². The predicted molar refractivity (Wildman–Crippen MR) is 103 cm³/mol. The fraction of sp³-hybridized carbons (Fsp3) is 0.278. The summed E-state index contributed by atoms with van der Waals surface area (Å²) in [6.45, 7) is 0.274. The summed E-state index contributed by atoms with van der Waals surface area (Å²) in [6.07, 6.45) is 0.639. The van der Waals surface area contributed by atoms with Crippen molar-refractivity contribution < 1.29 is 19.0 Å². The van der Waals surface area contributed by atoms with Gasteiger partial charge in [-0.15, -0.1) is 0 Å². The van der Waals surface area contributed by atoms with Crippen LogP contribution in [0, 0.1) is 0 Å². The number of methoxy groups -OCH3 is 2. The molecule has 0 radical (unpaired) electrons. The highest BCUT2D eigenvalue weighted by atomic mass is 35.5. The molecule has 140 valence electrons. The first-order valence-corrected chi connectivity index (χ1v) is 8.83. The summed E-state index contributed by atoms with van der Waals surface area (Å²) in [5.74, 6) is 1.34. The first-order valence-electron chi connectivity index (χ1n) is 7.69. The standard InChI is InChI=1S/C18H18Cl3NO4/c1-24-15-4-3-11(7-17(15)25-2)5-6-22-18(23)10-26-16-9-13(20)12(19)8-14(16)21/h3-4,7-9H,5-6,10H2,1-2H3,(H,22,23). The predicted octanol–water partition coefficient (Wildman–Crippen LogP) is 4.40. The first-order chi connectivity index (χ1) is 12.4. The van der Waals surface area contributed by atoms with Gasteiger partial charge in [0.1, 0.15) is 5.75 Å². The number of amides is 1. The van der Waals surface area contributed by atoms with Gasteiger partial charge < -0.3 is 19.5 Å². The highest BCUT2D eigenvalue weighted by molar-refractivity contribution is 6.43. The number of hydrogen-bond donors (Lipinski definition) is 1. The molecule has 1 amide bonds. The molecule has 5 nitrogen and oxygen atoms in total. The van der Waals surface area contributed by atoms with Gasteiger partial charge in [-0.2, -0.15) is 0 Å². The van der Waals surface area contributed by atoms with Crippen molar-refractivity contribution in [2.45, 2.75) is 6.42 Å². The molecule has 0 atom stereocenters. The van der Waals surface area contributed by atoms with E-state index in [1.54, 1.807) is 14.2 Å². The van der Waals surface area contributed by atoms with E-state index in [2.05, 4.69) is 5.32 Å². The van der Waals surface area contributed by atoms with Crippen LogP contribution in [0.2, 0.25) is 15.1 Å². The molecule has 0 bridgehead atoms. The Kier molecular flexibility index (Phi) is 7.69. The summed E-state index contributed by atoms with van der Waals surface area (Å²) in [7, 11) is 3.16. The van der Waals surface area contributed by atoms with Gasteiger partial charge in [0.05, 0.1) is 29.3 Å². The van der Waals surface area contributed by atoms with E-state index < -0.39 is 0 Å². The molecule has 0 unspecified atom stereocenters. The quantitative estimate of drug-likeness (QED) is 0.646. The van der Waals surface area contributed by atoms with Gasteiger partial charge in [-0.25, -0.2) is 0 Å². The Hall–Kier alpha value is -1.82. The molecule has 0 fully saturated rings. The number of nitrogens with one attached hydrogen (secondary N) is 1. The van der Waals surface area contributed by atoms with Crippen LogP contribution in [-0.4, -0.2) is 33.3 Å². The lowest BCUT2D eigenvalue weighted by atomic mass is 10.1. The maximum Gasteiger partial charge on any atom is 0.257 e. The van der Waals surface area contributed by atoms with Crippen molar-refractivity contribution in [3.63, 3.8) is 0 Å². The third-order valence-electron chi connectivity index (χ3n) is 3.52. The number of carbonyl (C=O) groups is 1. The Morgan fingerprint density at radius 2 is 1.62 bits per heavy atom. The second-order valence-corrected chi connectivity index (χ2v) is 6.50. The van der Waals surface area contributed by atoms with Crippen LogP contribution in [0.5, 0.6) is 17.2 Å². The zero-order valence-electron chi connectivity index (χ0n) is 14.3. The molecule has 0 spiro atoms. The summed E-state index contributed by atoms with van der Waals surface area (Å²) >= 11 is 17.8. The lowest BCUT2D eigenvalue weighted by molar-refractivity contribution is -0.123. The van der Waals surface area contributed by atoms with E-state index >= 15 is 0 Å². The maximum absolute atomic E-state index is 11.9. The molecule has 0 saturated heterocycles. The lowest BCUT2D eigenvalue weighted by Gasteiger charge is -2.11. The molecule has 2 rings (SSSR count). The number of halogens is 3. The highest BCUT2D eigenvalue weighted by Crippen LogP contribution is 2.33. The molecular formula is C18H18Cl3NO4. The molecule has 0 heterocycles. The van der Waals surface area contributed by atoms with Gasteiger partial charge in [0.15, 0.2) is 18.1 Å². The molecule has 0 aliphatic carbocycles. The molecule has 2 aromatic rings. The van der Waals surface area contributed by atoms with Crippen LogP contribution in [0.15, 0.2) is 30.3 Å². The minimum atomic E-state index is -0.271. The summed E-state index contributed by atoms with van der Waals surface area (Å²) < 4.78 is 15.8. The van der Waals surface area contributed by atoms with Crippen LogP contribution < -0.4 is 19.5 Å². The topological polar surface area (TPSA) is 56.8 Å². The average Bonchev–Trinajstić information content (AvgIpc) is 2.63. The van der Waals surface area contributed by atoms with Gasteiger partial charge >= 0.3 is 0 Å². The van der Waals surface area contributed by atoms with Crippen LogP contribution in [0.3, 0.4) is 0 Å². The largest absolute Gasteiger partial charge is 0.493 e. The fourth-order valence-corrected chi connectivity index (χ4v) is 2.78. The molecule has 2 aromatic carbocycles. The maximum atomic E-state index is 11.9. The number of carbonyl (C=O) groups excluding carboxylic acids is 1. The number of ether oxygens (including phenoxy) is 3. The first kappa shape index (κ1) is 20.5. The molecule has 0 aliphatic rings. The van der Waals surface area contributed by atoms with Crippen molar-refractivity contribution in [2.24, 2.45) is 0 Å². The third-order valence-corrected chi connectivity index (χ3v) is 4.53. The van der Waals surface area contributed by atoms with Crippen LogP contribution in [0.25, 0.3) is 0 Å². The molecular weight excluding hydrogens is 401 g/mol. The van der Waals surface area contributed by atoms with Crippen LogP contribution in [-0.2, 0) is 11.2 Å². The number of rotatable bonds is 8. The van der Waals surface area contributed by atoms with Crippen molar-refractivity contribution in [3.8, 4) is 17.2 Å². The molecule has 0 aliphatic heterocycles. The van der Waals surface area contributed by atoms with E-state index in [4.69, 9.17) is 49.0 Å². The molecule has 26 heavy (non-hydrogen) atoms. The Balaban J connectivity index is 1.81. The average molecular weight is 419 g/mol. The van der Waals surface area contributed by atoms with E-state index in [0.29, 0.717) is 40.3 Å². The fourth-order valence-electron chi connectivity index (χ4n) is 2.19. The molecule has 1 N–H and O–H groups in total. The molecule has 8 heteroatoms. The second kappa shape index (κ2) is 9.76. The van der Waals surface area contributed by atoms with E-state index in [1.807, 2.05) is 18.2 Å². The minimum absolute atomic E-state index is 0.177. The number of benzene rings is 2. The summed E-state index contributed by atoms with van der Waals surface area (Å²) in [5.41, 5.74) is 1.01. The van der Waals surface area contributed by atoms with Gasteiger partial charge in [-0.3, -0.25) is 4.79 Å². The van der Waals surface area contributed by atoms with E-state index in [9.17, 15) is 4.79 Å². The van der Waals surface area contributed by atoms with Crippen LogP contribution in [0.1, 0.15) is 5.56 Å².